The van der Waals surface area contributed by atoms with Gasteiger partial charge >= 0.3 is 5.97 Å². The second-order valence-corrected chi connectivity index (χ2v) is 20.2. The summed E-state index contributed by atoms with van der Waals surface area (Å²) in [6, 6.07) is 25.5. The van der Waals surface area contributed by atoms with Gasteiger partial charge in [-0.15, -0.1) is 0 Å². The highest BCUT2D eigenvalue weighted by Crippen LogP contribution is 2.59. The average molecular weight is 765 g/mol. The first-order chi connectivity index (χ1) is 23.8. The summed E-state index contributed by atoms with van der Waals surface area (Å²) in [5, 5.41) is 34.4. The minimum atomic E-state index is -3.04. The van der Waals surface area contributed by atoms with Crippen molar-refractivity contribution in [2.75, 3.05) is 13.2 Å². The predicted octanol–water partition coefficient (Wildman–Crippen LogP) is 5.76. The lowest BCUT2D eigenvalue weighted by Gasteiger charge is -2.48. The molecule has 2 heterocycles. The van der Waals surface area contributed by atoms with Crippen LogP contribution in [-0.2, 0) is 23.5 Å². The molecule has 1 aliphatic carbocycles. The molecule has 1 saturated carbocycles. The highest BCUT2D eigenvalue weighted by Gasteiger charge is 2.67. The Balaban J connectivity index is 1.36. The number of nitrogens with zero attached hydrogens (tertiary/aromatic N) is 1. The first-order valence-electron chi connectivity index (χ1n) is 17.5. The predicted molar refractivity (Wildman–Crippen MR) is 194 cm³/mol. The molecule has 9 nitrogen and oxygen atoms in total. The van der Waals surface area contributed by atoms with Gasteiger partial charge < -0.3 is 24.5 Å². The number of aliphatic hydroxyl groups is 1. The van der Waals surface area contributed by atoms with E-state index >= 15 is 0 Å². The van der Waals surface area contributed by atoms with Crippen molar-refractivity contribution in [2.24, 2.45) is 23.7 Å². The number of hydrogen-bond acceptors (Lipinski definition) is 7. The summed E-state index contributed by atoms with van der Waals surface area (Å²) in [5.74, 6) is -6.04. The number of hydrogen-bond donors (Lipinski definition) is 3. The first-order valence-corrected chi connectivity index (χ1v) is 20.2. The number of phenolic OH excluding ortho intramolecular Hbond substituents is 1. The molecule has 3 aromatic rings. The standard InChI is InChI=1S/C39H46BrNO8Si/c1-38(2,3)50(27-13-7-4-8-14-27,28-15-9-5-10-16-28)48-24-25-21-30-35(37(46)41(36(30)45)20-12-6-11-17-34(43)44)31-23-33(49-39(25,31)47)29-22-26(40)18-19-32(29)42/h4-5,7-10,13-16,18-19,22,25,30-31,33,35,42,47H,6,11-12,17,20-21,23-24H2,1-3H3,(H,43,44)/t25-,30+,31+,33+,35+,39-/m1/s1. The minimum Gasteiger partial charge on any atom is -0.508 e. The number of carboxylic acids is 1. The van der Waals surface area contributed by atoms with E-state index in [1.165, 1.54) is 4.90 Å². The van der Waals surface area contributed by atoms with Crippen LogP contribution in [0, 0.1) is 23.7 Å². The maximum atomic E-state index is 14.1. The van der Waals surface area contributed by atoms with Gasteiger partial charge in [-0.1, -0.05) is 104 Å². The second-order valence-electron chi connectivity index (χ2n) is 15.0. The summed E-state index contributed by atoms with van der Waals surface area (Å²) in [5.41, 5.74) is 0.498. The third-order valence-corrected chi connectivity index (χ3v) is 16.5. The van der Waals surface area contributed by atoms with Crippen molar-refractivity contribution in [1.29, 1.82) is 0 Å². The molecule has 2 amide bonds. The molecule has 2 saturated heterocycles. The van der Waals surface area contributed by atoms with Gasteiger partial charge in [0.1, 0.15) is 5.75 Å². The number of carbonyl (C=O) groups is 3. The third-order valence-electron chi connectivity index (χ3n) is 11.0. The number of likely N-dealkylation sites (tertiary alicyclic amines) is 1. The molecule has 3 aromatic carbocycles. The van der Waals surface area contributed by atoms with Gasteiger partial charge in [-0.2, -0.15) is 0 Å². The lowest BCUT2D eigenvalue weighted by molar-refractivity contribution is -0.273. The number of unbranched alkanes of at least 4 members (excludes halogenated alkanes) is 2. The molecule has 6 rings (SSSR count). The summed E-state index contributed by atoms with van der Waals surface area (Å²) in [7, 11) is -3.04. The number of aliphatic carboxylic acids is 1. The SMILES string of the molecule is CC(C)(C)[Si](OC[C@H]1C[C@@H]2C(=O)N(CCCCCC(=O)O)C(=O)[C@@H]2[C@@H]2C[C@@H](c3cc(Br)ccc3O)O[C@]12O)(c1ccccc1)c1ccccc1. The largest absolute Gasteiger partial charge is 0.508 e. The monoisotopic (exact) mass is 763 g/mol. The number of carboxylic acid groups (broad SMARTS) is 1. The molecule has 3 fully saturated rings. The van der Waals surface area contributed by atoms with Crippen LogP contribution in [0.2, 0.25) is 5.04 Å². The number of amides is 2. The molecule has 11 heteroatoms. The van der Waals surface area contributed by atoms with E-state index in [9.17, 15) is 24.6 Å². The minimum absolute atomic E-state index is 0.0221. The number of carbonyl (C=O) groups excluding carboxylic acids is 2. The second kappa shape index (κ2) is 14.3. The van der Waals surface area contributed by atoms with E-state index in [1.54, 1.807) is 18.2 Å². The molecule has 50 heavy (non-hydrogen) atoms. The topological polar surface area (TPSA) is 134 Å². The van der Waals surface area contributed by atoms with Gasteiger partial charge in [-0.25, -0.2) is 0 Å². The summed E-state index contributed by atoms with van der Waals surface area (Å²) in [6.07, 6.45) is 1.31. The lowest BCUT2D eigenvalue weighted by Crippen LogP contribution is -2.67. The normalized spacial score (nSPS) is 26.6. The van der Waals surface area contributed by atoms with E-state index in [1.807, 2.05) is 36.4 Å². The molecule has 3 aliphatic rings. The highest BCUT2D eigenvalue weighted by molar-refractivity contribution is 9.10. The summed E-state index contributed by atoms with van der Waals surface area (Å²) in [4.78, 5) is 40.4. The number of halogens is 1. The van der Waals surface area contributed by atoms with Crippen LogP contribution in [0.25, 0.3) is 0 Å². The van der Waals surface area contributed by atoms with Crippen LogP contribution >= 0.6 is 15.9 Å². The molecule has 0 aromatic heterocycles. The molecule has 0 spiro atoms. The molecule has 0 unspecified atom stereocenters. The molecule has 3 N–H and O–H groups in total. The van der Waals surface area contributed by atoms with Crippen molar-refractivity contribution in [1.82, 2.24) is 4.90 Å². The summed E-state index contributed by atoms with van der Waals surface area (Å²) >= 11 is 3.49. The van der Waals surface area contributed by atoms with Crippen molar-refractivity contribution in [3.05, 3.63) is 88.9 Å². The molecule has 0 radical (unpaired) electrons. The molecular formula is C39H46BrNO8Si. The smallest absolute Gasteiger partial charge is 0.303 e. The van der Waals surface area contributed by atoms with Gasteiger partial charge in [-0.3, -0.25) is 19.3 Å². The molecule has 266 valence electrons. The van der Waals surface area contributed by atoms with Gasteiger partial charge in [0, 0.05) is 41.4 Å². The van der Waals surface area contributed by atoms with E-state index in [4.69, 9.17) is 14.3 Å². The van der Waals surface area contributed by atoms with Gasteiger partial charge in [-0.05, 0) is 59.3 Å². The Kier molecular flexibility index (Phi) is 10.5. The average Bonchev–Trinajstić information content (AvgIpc) is 3.55. The maximum absolute atomic E-state index is 14.1. The zero-order valence-corrected chi connectivity index (χ0v) is 31.3. The fourth-order valence-electron chi connectivity index (χ4n) is 8.65. The fourth-order valence-corrected chi connectivity index (χ4v) is 13.6. The van der Waals surface area contributed by atoms with E-state index in [2.05, 4.69) is 61.0 Å². The van der Waals surface area contributed by atoms with Gasteiger partial charge in [0.05, 0.1) is 17.9 Å². The number of imide groups is 1. The third kappa shape index (κ3) is 6.59. The van der Waals surface area contributed by atoms with Gasteiger partial charge in [0.15, 0.2) is 5.79 Å². The van der Waals surface area contributed by atoms with Crippen LogP contribution < -0.4 is 10.4 Å². The maximum Gasteiger partial charge on any atom is 0.303 e. The van der Waals surface area contributed by atoms with Crippen LogP contribution in [0.1, 0.15) is 71.0 Å². The molecule has 2 aliphatic heterocycles. The van der Waals surface area contributed by atoms with Crippen LogP contribution in [0.3, 0.4) is 0 Å². The Morgan fingerprint density at radius 2 is 1.60 bits per heavy atom. The van der Waals surface area contributed by atoms with E-state index < -0.39 is 49.8 Å². The Bertz CT molecular complexity index is 1680. The Labute approximate surface area is 302 Å². The Morgan fingerprint density at radius 3 is 2.20 bits per heavy atom. The van der Waals surface area contributed by atoms with Gasteiger partial charge in [0.2, 0.25) is 11.8 Å². The van der Waals surface area contributed by atoms with Crippen molar-refractivity contribution < 1.29 is 38.9 Å². The molecule has 6 atom stereocenters. The number of aromatic hydroxyl groups is 1. The van der Waals surface area contributed by atoms with E-state index in [0.717, 1.165) is 14.8 Å². The van der Waals surface area contributed by atoms with E-state index in [0.29, 0.717) is 24.8 Å². The highest BCUT2D eigenvalue weighted by atomic mass is 79.9. The molecule has 0 bridgehead atoms. The molecular weight excluding hydrogens is 718 g/mol. The quantitative estimate of drug-likeness (QED) is 0.121. The van der Waals surface area contributed by atoms with E-state index in [-0.39, 0.29) is 55.0 Å². The summed E-state index contributed by atoms with van der Waals surface area (Å²) in [6.45, 7) is 6.84. The van der Waals surface area contributed by atoms with Crippen LogP contribution in [-0.4, -0.2) is 65.3 Å². The van der Waals surface area contributed by atoms with Crippen molar-refractivity contribution >= 4 is 52.4 Å². The fraction of sp³-hybridized carbons (Fsp3) is 0.462. The lowest BCUT2D eigenvalue weighted by atomic mass is 9.64. The van der Waals surface area contributed by atoms with Crippen LogP contribution in [0.15, 0.2) is 83.3 Å². The Hall–Kier alpha value is -3.35. The zero-order valence-electron chi connectivity index (χ0n) is 28.8. The number of benzene rings is 3. The van der Waals surface area contributed by atoms with Crippen molar-refractivity contribution in [2.45, 2.75) is 76.2 Å². The van der Waals surface area contributed by atoms with Crippen LogP contribution in [0.5, 0.6) is 5.75 Å². The first kappa shape index (κ1) is 36.4. The van der Waals surface area contributed by atoms with Gasteiger partial charge in [0.25, 0.3) is 8.32 Å². The summed E-state index contributed by atoms with van der Waals surface area (Å²) < 4.78 is 14.6. The van der Waals surface area contributed by atoms with Crippen molar-refractivity contribution in [3.63, 3.8) is 0 Å². The van der Waals surface area contributed by atoms with Crippen molar-refractivity contribution in [3.8, 4) is 5.75 Å². The zero-order chi connectivity index (χ0) is 35.8. The number of fused-ring (bicyclic) bond motifs is 3. The number of rotatable bonds is 12. The Morgan fingerprint density at radius 1 is 0.960 bits per heavy atom. The number of ether oxygens (including phenoxy) is 1. The van der Waals surface area contributed by atoms with Crippen LogP contribution in [0.4, 0.5) is 0 Å². The number of phenols is 1.